The lowest BCUT2D eigenvalue weighted by Gasteiger charge is -2.33. The van der Waals surface area contributed by atoms with Crippen molar-refractivity contribution < 1.29 is 27.5 Å². The van der Waals surface area contributed by atoms with Crippen LogP contribution in [0.3, 0.4) is 0 Å². The highest BCUT2D eigenvalue weighted by Gasteiger charge is 2.34. The number of fused-ring (bicyclic) bond motifs is 1. The van der Waals surface area contributed by atoms with Crippen LogP contribution in [0.2, 0.25) is 0 Å². The van der Waals surface area contributed by atoms with Gasteiger partial charge in [0.1, 0.15) is 5.75 Å². The Kier molecular flexibility index (Phi) is 7.48. The molecule has 1 amide bonds. The Bertz CT molecular complexity index is 1290. The molecule has 0 unspecified atom stereocenters. The van der Waals surface area contributed by atoms with E-state index in [0.717, 1.165) is 11.1 Å². The lowest BCUT2D eigenvalue weighted by Crippen LogP contribution is -2.47. The van der Waals surface area contributed by atoms with Crippen LogP contribution in [0.4, 0.5) is 5.69 Å². The van der Waals surface area contributed by atoms with Crippen LogP contribution in [0.5, 0.6) is 5.75 Å². The monoisotopic (exact) mass is 494 g/mol. The number of aryl methyl sites for hydroxylation is 1. The van der Waals surface area contributed by atoms with Crippen molar-refractivity contribution in [1.29, 1.82) is 0 Å². The number of para-hydroxylation sites is 2. The van der Waals surface area contributed by atoms with Crippen LogP contribution in [0.25, 0.3) is 0 Å². The molecular formula is C26H26N2O6S. The Balaban J connectivity index is 1.39. The topological polar surface area (TPSA) is 102 Å². The van der Waals surface area contributed by atoms with Crippen molar-refractivity contribution in [2.24, 2.45) is 0 Å². The van der Waals surface area contributed by atoms with Gasteiger partial charge in [0, 0.05) is 13.0 Å². The van der Waals surface area contributed by atoms with E-state index in [9.17, 15) is 18.0 Å². The summed E-state index contributed by atoms with van der Waals surface area (Å²) in [4.78, 5) is 26.8. The summed E-state index contributed by atoms with van der Waals surface area (Å²) in [5, 5.41) is 0. The molecule has 3 aromatic carbocycles. The first-order valence-electron chi connectivity index (χ1n) is 11.1. The van der Waals surface area contributed by atoms with E-state index in [1.54, 1.807) is 36.4 Å². The van der Waals surface area contributed by atoms with E-state index in [1.165, 1.54) is 24.1 Å². The van der Waals surface area contributed by atoms with Crippen LogP contribution in [0.1, 0.15) is 17.5 Å². The molecule has 0 bridgehead atoms. The summed E-state index contributed by atoms with van der Waals surface area (Å²) < 4.78 is 38.3. The number of carbonyl (C=O) groups is 2. The van der Waals surface area contributed by atoms with Gasteiger partial charge in [-0.2, -0.15) is 0 Å². The highest BCUT2D eigenvalue weighted by Crippen LogP contribution is 2.34. The van der Waals surface area contributed by atoms with Gasteiger partial charge >= 0.3 is 5.97 Å². The maximum absolute atomic E-state index is 13.0. The number of methoxy groups -OCH3 is 1. The number of benzene rings is 3. The number of rotatable bonds is 8. The molecule has 1 N–H and O–H groups in total. The number of sulfonamides is 1. The van der Waals surface area contributed by atoms with Gasteiger partial charge in [0.2, 0.25) is 22.0 Å². The van der Waals surface area contributed by atoms with Gasteiger partial charge in [0.05, 0.1) is 24.2 Å². The Morgan fingerprint density at radius 1 is 0.971 bits per heavy atom. The Morgan fingerprint density at radius 3 is 2.37 bits per heavy atom. The Morgan fingerprint density at radius 2 is 1.66 bits per heavy atom. The minimum atomic E-state index is -3.66. The number of hydrogen-bond acceptors (Lipinski definition) is 6. The largest absolute Gasteiger partial charge is 0.475 e. The van der Waals surface area contributed by atoms with Crippen LogP contribution in [-0.4, -0.2) is 40.1 Å². The van der Waals surface area contributed by atoms with Crippen LogP contribution in [-0.2, 0) is 37.3 Å². The zero-order valence-corrected chi connectivity index (χ0v) is 20.0. The number of esters is 1. The first kappa shape index (κ1) is 24.4. The normalized spacial score (nSPS) is 15.1. The van der Waals surface area contributed by atoms with Crippen molar-refractivity contribution >= 4 is 27.6 Å². The van der Waals surface area contributed by atoms with Gasteiger partial charge in [-0.05, 0) is 41.8 Å². The lowest BCUT2D eigenvalue weighted by atomic mass is 10.1. The molecule has 0 saturated heterocycles. The van der Waals surface area contributed by atoms with Crippen LogP contribution in [0, 0.1) is 0 Å². The summed E-state index contributed by atoms with van der Waals surface area (Å²) >= 11 is 0. The van der Waals surface area contributed by atoms with Gasteiger partial charge in [-0.25, -0.2) is 17.9 Å². The number of carbonyl (C=O) groups excluding carboxylic acids is 2. The van der Waals surface area contributed by atoms with Crippen molar-refractivity contribution in [3.05, 3.63) is 90.0 Å². The molecule has 182 valence electrons. The maximum Gasteiger partial charge on any atom is 0.348 e. The first-order chi connectivity index (χ1) is 16.9. The highest BCUT2D eigenvalue weighted by atomic mass is 32.2. The molecule has 1 heterocycles. The molecule has 0 spiro atoms. The van der Waals surface area contributed by atoms with E-state index in [2.05, 4.69) is 4.72 Å². The third-order valence-electron chi connectivity index (χ3n) is 5.71. The SMILES string of the molecule is COC(=O)[C@@H]1CN(C(=O)CCc2ccc(S(=O)(=O)NCc3ccccc3)cc2)c2ccccc2O1. The quantitative estimate of drug-likeness (QED) is 0.483. The molecule has 0 saturated carbocycles. The van der Waals surface area contributed by atoms with Gasteiger partial charge in [-0.15, -0.1) is 0 Å². The van der Waals surface area contributed by atoms with E-state index in [1.807, 2.05) is 30.3 Å². The van der Waals surface area contributed by atoms with E-state index in [0.29, 0.717) is 17.9 Å². The number of nitrogens with zero attached hydrogens (tertiary/aromatic N) is 1. The second-order valence-electron chi connectivity index (χ2n) is 8.06. The molecular weight excluding hydrogens is 468 g/mol. The second kappa shape index (κ2) is 10.7. The van der Waals surface area contributed by atoms with Crippen molar-refractivity contribution in [3.8, 4) is 5.75 Å². The molecule has 0 aliphatic carbocycles. The summed E-state index contributed by atoms with van der Waals surface area (Å²) in [7, 11) is -2.38. The Hall–Kier alpha value is -3.69. The average Bonchev–Trinajstić information content (AvgIpc) is 2.90. The molecule has 1 aliphatic rings. The van der Waals surface area contributed by atoms with Crippen LogP contribution < -0.4 is 14.4 Å². The predicted molar refractivity (Wildman–Crippen MR) is 130 cm³/mol. The minimum Gasteiger partial charge on any atom is -0.475 e. The first-order valence-corrected chi connectivity index (χ1v) is 12.6. The van der Waals surface area contributed by atoms with E-state index < -0.39 is 22.1 Å². The van der Waals surface area contributed by atoms with Crippen molar-refractivity contribution in [1.82, 2.24) is 4.72 Å². The summed E-state index contributed by atoms with van der Waals surface area (Å²) in [6, 6.07) is 22.8. The average molecular weight is 495 g/mol. The molecule has 1 aliphatic heterocycles. The molecule has 4 rings (SSSR count). The van der Waals surface area contributed by atoms with Crippen LogP contribution in [0.15, 0.2) is 83.8 Å². The number of amides is 1. The Labute approximate surface area is 204 Å². The molecule has 1 atom stereocenters. The third kappa shape index (κ3) is 5.87. The standard InChI is InChI=1S/C26H26N2O6S/c1-33-26(30)24-18-28(22-9-5-6-10-23(22)34-24)25(29)16-13-19-11-14-21(15-12-19)35(31,32)27-17-20-7-3-2-4-8-20/h2-12,14-15,24,27H,13,16-18H2,1H3/t24-/m0/s1. The third-order valence-corrected chi connectivity index (χ3v) is 7.13. The molecule has 9 heteroatoms. The molecule has 0 aromatic heterocycles. The summed E-state index contributed by atoms with van der Waals surface area (Å²) in [5.74, 6) is -0.272. The molecule has 8 nitrogen and oxygen atoms in total. The van der Waals surface area contributed by atoms with Gasteiger partial charge in [0.15, 0.2) is 0 Å². The van der Waals surface area contributed by atoms with Crippen molar-refractivity contribution in [2.45, 2.75) is 30.4 Å². The minimum absolute atomic E-state index is 0.0623. The van der Waals surface area contributed by atoms with E-state index in [4.69, 9.17) is 9.47 Å². The highest BCUT2D eigenvalue weighted by molar-refractivity contribution is 7.89. The zero-order valence-electron chi connectivity index (χ0n) is 19.2. The molecule has 0 radical (unpaired) electrons. The summed E-state index contributed by atoms with van der Waals surface area (Å²) in [5.41, 5.74) is 2.29. The van der Waals surface area contributed by atoms with Gasteiger partial charge < -0.3 is 14.4 Å². The fourth-order valence-electron chi connectivity index (χ4n) is 3.80. The zero-order chi connectivity index (χ0) is 24.8. The van der Waals surface area contributed by atoms with E-state index in [-0.39, 0.29) is 30.3 Å². The van der Waals surface area contributed by atoms with Gasteiger partial charge in [-0.3, -0.25) is 4.79 Å². The van der Waals surface area contributed by atoms with Crippen LogP contribution >= 0.6 is 0 Å². The molecule has 3 aromatic rings. The number of hydrogen-bond donors (Lipinski definition) is 1. The number of anilines is 1. The van der Waals surface area contributed by atoms with Gasteiger partial charge in [-0.1, -0.05) is 54.6 Å². The summed E-state index contributed by atoms with van der Waals surface area (Å²) in [6.07, 6.45) is -0.300. The lowest BCUT2D eigenvalue weighted by molar-refractivity contribution is -0.148. The second-order valence-corrected chi connectivity index (χ2v) is 9.82. The van der Waals surface area contributed by atoms with E-state index >= 15 is 0 Å². The van der Waals surface area contributed by atoms with Crippen molar-refractivity contribution in [3.63, 3.8) is 0 Å². The number of ether oxygens (including phenoxy) is 2. The fourth-order valence-corrected chi connectivity index (χ4v) is 4.82. The summed E-state index contributed by atoms with van der Waals surface area (Å²) in [6.45, 7) is 0.264. The fraction of sp³-hybridized carbons (Fsp3) is 0.231. The predicted octanol–water partition coefficient (Wildman–Crippen LogP) is 3.06. The smallest absolute Gasteiger partial charge is 0.348 e. The molecule has 35 heavy (non-hydrogen) atoms. The number of nitrogens with one attached hydrogen (secondary N) is 1. The van der Waals surface area contributed by atoms with Crippen molar-refractivity contribution in [2.75, 3.05) is 18.6 Å². The maximum atomic E-state index is 13.0. The molecule has 0 fully saturated rings. The van der Waals surface area contributed by atoms with Gasteiger partial charge in [0.25, 0.3) is 0 Å².